The van der Waals surface area contributed by atoms with Crippen LogP contribution in [0.3, 0.4) is 0 Å². The van der Waals surface area contributed by atoms with E-state index >= 15 is 0 Å². The van der Waals surface area contributed by atoms with E-state index in [1.54, 1.807) is 0 Å². The molecule has 0 atom stereocenters. The third kappa shape index (κ3) is 4.62. The molecule has 106 valence electrons. The molecule has 6 nitrogen and oxygen atoms in total. The molecule has 0 amide bonds. The van der Waals surface area contributed by atoms with E-state index in [4.69, 9.17) is 0 Å². The molecule has 0 bridgehead atoms. The van der Waals surface area contributed by atoms with Crippen LogP contribution in [0.1, 0.15) is 10.4 Å². The summed E-state index contributed by atoms with van der Waals surface area (Å²) >= 11 is 0. The van der Waals surface area contributed by atoms with Crippen LogP contribution in [0.15, 0.2) is 29.2 Å². The van der Waals surface area contributed by atoms with Crippen molar-refractivity contribution in [2.45, 2.75) is 4.90 Å². The molecular weight excluding hydrogens is 268 g/mol. The van der Waals surface area contributed by atoms with Crippen LogP contribution < -0.4 is 4.72 Å². The van der Waals surface area contributed by atoms with Gasteiger partial charge >= 0.3 is 5.97 Å². The summed E-state index contributed by atoms with van der Waals surface area (Å²) in [4.78, 5) is 13.3. The molecule has 0 radical (unpaired) electrons. The third-order valence-electron chi connectivity index (χ3n) is 2.42. The Bertz CT molecular complexity index is 540. The first-order chi connectivity index (χ1) is 8.86. The minimum absolute atomic E-state index is 0.0501. The van der Waals surface area contributed by atoms with E-state index in [-0.39, 0.29) is 10.5 Å². The smallest absolute Gasteiger partial charge is 0.337 e. The fourth-order valence-corrected chi connectivity index (χ4v) is 2.46. The number of nitrogens with one attached hydrogen (secondary N) is 1. The third-order valence-corrected chi connectivity index (χ3v) is 3.88. The molecule has 0 aliphatic heterocycles. The van der Waals surface area contributed by atoms with E-state index in [9.17, 15) is 13.2 Å². The second-order valence-corrected chi connectivity index (χ2v) is 5.99. The monoisotopic (exact) mass is 286 g/mol. The molecule has 0 heterocycles. The average Bonchev–Trinajstić information content (AvgIpc) is 2.37. The van der Waals surface area contributed by atoms with Gasteiger partial charge in [-0.3, -0.25) is 0 Å². The number of sulfonamides is 1. The number of likely N-dealkylation sites (N-methyl/N-ethyl adjacent to an activating group) is 1. The van der Waals surface area contributed by atoms with Gasteiger partial charge in [-0.1, -0.05) is 6.07 Å². The minimum Gasteiger partial charge on any atom is -0.465 e. The number of ether oxygens (including phenoxy) is 1. The van der Waals surface area contributed by atoms with Gasteiger partial charge in [0.15, 0.2) is 0 Å². The Hall–Kier alpha value is -1.44. The molecular formula is C12H18N2O4S. The second kappa shape index (κ2) is 6.65. The molecule has 0 spiro atoms. The standard InChI is InChI=1S/C12H18N2O4S/c1-14(2)8-7-13-19(16,17)11-6-4-5-10(9-11)12(15)18-3/h4-6,9,13H,7-8H2,1-3H3. The molecule has 1 aromatic carbocycles. The molecule has 0 unspecified atom stereocenters. The maximum Gasteiger partial charge on any atom is 0.337 e. The van der Waals surface area contributed by atoms with E-state index in [2.05, 4.69) is 9.46 Å². The van der Waals surface area contributed by atoms with Gasteiger partial charge in [0.25, 0.3) is 0 Å². The molecule has 1 aromatic rings. The Labute approximate surface area is 113 Å². The molecule has 0 aliphatic carbocycles. The summed E-state index contributed by atoms with van der Waals surface area (Å²) in [5.74, 6) is -0.564. The molecule has 0 fully saturated rings. The Balaban J connectivity index is 2.86. The molecule has 7 heteroatoms. The van der Waals surface area contributed by atoms with Crippen LogP contribution in [-0.2, 0) is 14.8 Å². The van der Waals surface area contributed by atoms with Crippen LogP contribution in [-0.4, -0.2) is 53.6 Å². The fourth-order valence-electron chi connectivity index (χ4n) is 1.40. The number of rotatable bonds is 6. The lowest BCUT2D eigenvalue weighted by atomic mass is 10.2. The van der Waals surface area contributed by atoms with Crippen molar-refractivity contribution < 1.29 is 17.9 Å². The van der Waals surface area contributed by atoms with Crippen molar-refractivity contribution in [1.82, 2.24) is 9.62 Å². The van der Waals surface area contributed by atoms with Gasteiger partial charge in [0.2, 0.25) is 10.0 Å². The van der Waals surface area contributed by atoms with E-state index in [1.165, 1.54) is 31.4 Å². The highest BCUT2D eigenvalue weighted by Crippen LogP contribution is 2.12. The predicted molar refractivity (Wildman–Crippen MR) is 71.5 cm³/mol. The number of nitrogens with zero attached hydrogens (tertiary/aromatic N) is 1. The Morgan fingerprint density at radius 3 is 2.63 bits per heavy atom. The zero-order valence-corrected chi connectivity index (χ0v) is 12.0. The van der Waals surface area contributed by atoms with Crippen molar-refractivity contribution >= 4 is 16.0 Å². The summed E-state index contributed by atoms with van der Waals surface area (Å²) in [7, 11) is 1.35. The lowest BCUT2D eigenvalue weighted by molar-refractivity contribution is 0.0600. The number of carbonyl (C=O) groups excluding carboxylic acids is 1. The van der Waals surface area contributed by atoms with E-state index < -0.39 is 16.0 Å². The van der Waals surface area contributed by atoms with Crippen molar-refractivity contribution in [2.24, 2.45) is 0 Å². The summed E-state index contributed by atoms with van der Waals surface area (Å²) in [5, 5.41) is 0. The number of carbonyl (C=O) groups is 1. The van der Waals surface area contributed by atoms with Gasteiger partial charge in [-0.25, -0.2) is 17.9 Å². The first-order valence-electron chi connectivity index (χ1n) is 5.69. The SMILES string of the molecule is COC(=O)c1cccc(S(=O)(=O)NCCN(C)C)c1. The summed E-state index contributed by atoms with van der Waals surface area (Å²) in [6.45, 7) is 0.897. The second-order valence-electron chi connectivity index (χ2n) is 4.22. The minimum atomic E-state index is -3.60. The van der Waals surface area contributed by atoms with Crippen LogP contribution in [0.4, 0.5) is 0 Å². The van der Waals surface area contributed by atoms with Gasteiger partial charge in [0.05, 0.1) is 17.6 Å². The number of benzene rings is 1. The summed E-state index contributed by atoms with van der Waals surface area (Å²) < 4.78 is 31.0. The van der Waals surface area contributed by atoms with Crippen molar-refractivity contribution in [3.63, 3.8) is 0 Å². The first-order valence-corrected chi connectivity index (χ1v) is 7.18. The van der Waals surface area contributed by atoms with Crippen molar-refractivity contribution in [3.8, 4) is 0 Å². The zero-order chi connectivity index (χ0) is 14.5. The highest BCUT2D eigenvalue weighted by Gasteiger charge is 2.15. The van der Waals surface area contributed by atoms with Crippen LogP contribution in [0.2, 0.25) is 0 Å². The zero-order valence-electron chi connectivity index (χ0n) is 11.2. The van der Waals surface area contributed by atoms with E-state index in [0.717, 1.165) is 0 Å². The van der Waals surface area contributed by atoms with Crippen LogP contribution in [0.25, 0.3) is 0 Å². The maximum absolute atomic E-state index is 12.0. The molecule has 1 rings (SSSR count). The molecule has 0 aromatic heterocycles. The van der Waals surface area contributed by atoms with Gasteiger partial charge in [-0.2, -0.15) is 0 Å². The average molecular weight is 286 g/mol. The van der Waals surface area contributed by atoms with Gasteiger partial charge in [-0.15, -0.1) is 0 Å². The van der Waals surface area contributed by atoms with Crippen molar-refractivity contribution in [3.05, 3.63) is 29.8 Å². The Morgan fingerprint density at radius 2 is 2.05 bits per heavy atom. The Morgan fingerprint density at radius 1 is 1.37 bits per heavy atom. The number of hydrogen-bond acceptors (Lipinski definition) is 5. The number of hydrogen-bond donors (Lipinski definition) is 1. The molecule has 0 saturated heterocycles. The molecule has 1 N–H and O–H groups in total. The lowest BCUT2D eigenvalue weighted by Gasteiger charge is -2.11. The molecule has 0 aliphatic rings. The van der Waals surface area contributed by atoms with Crippen LogP contribution in [0.5, 0.6) is 0 Å². The normalized spacial score (nSPS) is 11.6. The summed E-state index contributed by atoms with van der Waals surface area (Å²) in [6, 6.07) is 5.74. The molecule has 0 saturated carbocycles. The molecule has 19 heavy (non-hydrogen) atoms. The predicted octanol–water partition coefficient (Wildman–Crippen LogP) is 0.313. The van der Waals surface area contributed by atoms with E-state index in [0.29, 0.717) is 13.1 Å². The highest BCUT2D eigenvalue weighted by atomic mass is 32.2. The topological polar surface area (TPSA) is 75.7 Å². The maximum atomic E-state index is 12.0. The largest absolute Gasteiger partial charge is 0.465 e. The fraction of sp³-hybridized carbons (Fsp3) is 0.417. The number of methoxy groups -OCH3 is 1. The summed E-state index contributed by atoms with van der Waals surface area (Å²) in [5.41, 5.74) is 0.206. The van der Waals surface area contributed by atoms with Crippen LogP contribution in [0, 0.1) is 0 Å². The van der Waals surface area contributed by atoms with Gasteiger partial charge in [0, 0.05) is 13.1 Å². The number of esters is 1. The van der Waals surface area contributed by atoms with Crippen molar-refractivity contribution in [1.29, 1.82) is 0 Å². The van der Waals surface area contributed by atoms with Gasteiger partial charge < -0.3 is 9.64 Å². The Kier molecular flexibility index (Phi) is 5.46. The van der Waals surface area contributed by atoms with Gasteiger partial charge in [-0.05, 0) is 32.3 Å². The quantitative estimate of drug-likeness (QED) is 0.762. The van der Waals surface area contributed by atoms with Crippen LogP contribution >= 0.6 is 0 Å². The highest BCUT2D eigenvalue weighted by molar-refractivity contribution is 7.89. The van der Waals surface area contributed by atoms with Crippen molar-refractivity contribution in [2.75, 3.05) is 34.3 Å². The summed E-state index contributed by atoms with van der Waals surface area (Å²) in [6.07, 6.45) is 0. The lowest BCUT2D eigenvalue weighted by Crippen LogP contribution is -2.31. The van der Waals surface area contributed by atoms with E-state index in [1.807, 2.05) is 19.0 Å². The van der Waals surface area contributed by atoms with Gasteiger partial charge in [0.1, 0.15) is 0 Å². The first kappa shape index (κ1) is 15.6.